The van der Waals surface area contributed by atoms with Crippen molar-refractivity contribution in [3.8, 4) is 17.2 Å². The molecule has 0 spiro atoms. The molecule has 0 fully saturated rings. The van der Waals surface area contributed by atoms with Crippen LogP contribution in [0.1, 0.15) is 28.6 Å². The van der Waals surface area contributed by atoms with Gasteiger partial charge in [0.15, 0.2) is 23.0 Å². The molecule has 0 unspecified atom stereocenters. The summed E-state index contributed by atoms with van der Waals surface area (Å²) in [6.45, 7) is 1.06. The van der Waals surface area contributed by atoms with E-state index in [1.165, 1.54) is 38.6 Å². The maximum absolute atomic E-state index is 13.2. The van der Waals surface area contributed by atoms with Gasteiger partial charge in [0.1, 0.15) is 0 Å². The summed E-state index contributed by atoms with van der Waals surface area (Å²) in [6.07, 6.45) is 2.01. The third-order valence-electron chi connectivity index (χ3n) is 5.30. The van der Waals surface area contributed by atoms with E-state index in [2.05, 4.69) is 0 Å². The average Bonchev–Trinajstić information content (AvgIpc) is 3.40. The van der Waals surface area contributed by atoms with Crippen molar-refractivity contribution in [2.24, 2.45) is 0 Å². The topological polar surface area (TPSA) is 102 Å². The van der Waals surface area contributed by atoms with Crippen molar-refractivity contribution in [2.45, 2.75) is 12.5 Å². The highest BCUT2D eigenvalue weighted by atomic mass is 16.5. The van der Waals surface area contributed by atoms with E-state index in [1.807, 2.05) is 19.0 Å². The Labute approximate surface area is 186 Å². The van der Waals surface area contributed by atoms with Gasteiger partial charge in [-0.3, -0.25) is 9.59 Å². The molecule has 1 amide bonds. The lowest BCUT2D eigenvalue weighted by Gasteiger charge is -2.28. The van der Waals surface area contributed by atoms with Gasteiger partial charge in [-0.2, -0.15) is 0 Å². The van der Waals surface area contributed by atoms with E-state index < -0.39 is 23.5 Å². The van der Waals surface area contributed by atoms with E-state index in [-0.39, 0.29) is 11.3 Å². The van der Waals surface area contributed by atoms with Gasteiger partial charge in [-0.15, -0.1) is 0 Å². The number of Topliss-reactive ketones (excluding diaryl/α,β-unsaturated/α-hetero) is 1. The largest absolute Gasteiger partial charge is 0.503 e. The maximum Gasteiger partial charge on any atom is 0.290 e. The minimum atomic E-state index is -0.851. The number of benzene rings is 1. The van der Waals surface area contributed by atoms with E-state index in [0.717, 1.165) is 6.54 Å². The summed E-state index contributed by atoms with van der Waals surface area (Å²) in [5.41, 5.74) is 0.487. The van der Waals surface area contributed by atoms with Crippen molar-refractivity contribution >= 4 is 11.7 Å². The summed E-state index contributed by atoms with van der Waals surface area (Å²) in [5.74, 6) is -0.596. The van der Waals surface area contributed by atoms with Gasteiger partial charge in [-0.05, 0) is 56.9 Å². The molecule has 0 bridgehead atoms. The minimum absolute atomic E-state index is 0.0342. The zero-order chi connectivity index (χ0) is 23.4. The van der Waals surface area contributed by atoms with Crippen molar-refractivity contribution in [3.05, 3.63) is 53.2 Å². The summed E-state index contributed by atoms with van der Waals surface area (Å²) < 4.78 is 21.5. The molecule has 2 aromatic rings. The van der Waals surface area contributed by atoms with Gasteiger partial charge in [0.2, 0.25) is 11.5 Å². The van der Waals surface area contributed by atoms with Crippen molar-refractivity contribution in [2.75, 3.05) is 48.5 Å². The standard InChI is InChI=1S/C23H28N2O7/c1-24(2)9-7-10-25-19(14-12-16(29-3)22(31-5)17(13-14)30-4)18(21(27)23(25)28)20(26)15-8-6-11-32-15/h6,8,11-13,19,27H,7,9-10H2,1-5H3/t19-/m0/s1. The van der Waals surface area contributed by atoms with Gasteiger partial charge < -0.3 is 33.5 Å². The van der Waals surface area contributed by atoms with Crippen LogP contribution in [-0.2, 0) is 4.79 Å². The number of ketones is 1. The van der Waals surface area contributed by atoms with Crippen molar-refractivity contribution in [1.29, 1.82) is 0 Å². The fraction of sp³-hybridized carbons (Fsp3) is 0.391. The monoisotopic (exact) mass is 444 g/mol. The molecule has 32 heavy (non-hydrogen) atoms. The van der Waals surface area contributed by atoms with Crippen LogP contribution in [-0.4, -0.2) is 75.1 Å². The number of furan rings is 1. The van der Waals surface area contributed by atoms with Gasteiger partial charge in [0.25, 0.3) is 5.91 Å². The van der Waals surface area contributed by atoms with Gasteiger partial charge in [-0.25, -0.2) is 0 Å². The van der Waals surface area contributed by atoms with Crippen LogP contribution >= 0.6 is 0 Å². The Morgan fingerprint density at radius 2 is 1.81 bits per heavy atom. The smallest absolute Gasteiger partial charge is 0.290 e. The van der Waals surface area contributed by atoms with Crippen molar-refractivity contribution in [1.82, 2.24) is 9.80 Å². The molecule has 9 nitrogen and oxygen atoms in total. The number of nitrogens with zero attached hydrogens (tertiary/aromatic N) is 2. The molecule has 0 saturated carbocycles. The lowest BCUT2D eigenvalue weighted by atomic mass is 9.94. The molecule has 1 aliphatic heterocycles. The molecule has 1 aromatic heterocycles. The first-order valence-corrected chi connectivity index (χ1v) is 10.1. The summed E-state index contributed by atoms with van der Waals surface area (Å²) in [4.78, 5) is 29.7. The van der Waals surface area contributed by atoms with Crippen LogP contribution in [0.2, 0.25) is 0 Å². The summed E-state index contributed by atoms with van der Waals surface area (Å²) in [6, 6.07) is 5.56. The highest BCUT2D eigenvalue weighted by Crippen LogP contribution is 2.45. The molecule has 0 aliphatic carbocycles. The van der Waals surface area contributed by atoms with Crippen molar-refractivity contribution in [3.63, 3.8) is 0 Å². The molecule has 172 valence electrons. The predicted octanol–water partition coefficient (Wildman–Crippen LogP) is 2.84. The van der Waals surface area contributed by atoms with Crippen LogP contribution in [0.25, 0.3) is 0 Å². The summed E-state index contributed by atoms with van der Waals surface area (Å²) >= 11 is 0. The molecule has 1 aliphatic rings. The third kappa shape index (κ3) is 4.29. The highest BCUT2D eigenvalue weighted by Gasteiger charge is 2.44. The quantitative estimate of drug-likeness (QED) is 0.558. The lowest BCUT2D eigenvalue weighted by molar-refractivity contribution is -0.129. The fourth-order valence-electron chi connectivity index (χ4n) is 3.82. The molecule has 1 aromatic carbocycles. The van der Waals surface area contributed by atoms with Gasteiger partial charge >= 0.3 is 0 Å². The molecule has 2 heterocycles. The Hall–Kier alpha value is -3.46. The number of ether oxygens (including phenoxy) is 3. The first-order valence-electron chi connectivity index (χ1n) is 10.1. The molecule has 0 radical (unpaired) electrons. The molecule has 3 rings (SSSR count). The molecular formula is C23H28N2O7. The van der Waals surface area contributed by atoms with Crippen LogP contribution in [0.4, 0.5) is 0 Å². The van der Waals surface area contributed by atoms with Gasteiger partial charge in [-0.1, -0.05) is 0 Å². The van der Waals surface area contributed by atoms with E-state index in [1.54, 1.807) is 18.2 Å². The molecular weight excluding hydrogens is 416 g/mol. The van der Waals surface area contributed by atoms with Crippen LogP contribution in [0.5, 0.6) is 17.2 Å². The third-order valence-corrected chi connectivity index (χ3v) is 5.30. The zero-order valence-corrected chi connectivity index (χ0v) is 18.9. The summed E-state index contributed by atoms with van der Waals surface area (Å²) in [5, 5.41) is 10.7. The average molecular weight is 444 g/mol. The van der Waals surface area contributed by atoms with Gasteiger partial charge in [0.05, 0.1) is 39.2 Å². The number of rotatable bonds is 10. The number of methoxy groups -OCH3 is 3. The number of carbonyl (C=O) groups is 2. The summed E-state index contributed by atoms with van der Waals surface area (Å²) in [7, 11) is 8.33. The first-order chi connectivity index (χ1) is 15.3. The predicted molar refractivity (Wildman–Crippen MR) is 116 cm³/mol. The minimum Gasteiger partial charge on any atom is -0.503 e. The number of aliphatic hydroxyl groups excluding tert-OH is 1. The maximum atomic E-state index is 13.2. The van der Waals surface area contributed by atoms with E-state index in [0.29, 0.717) is 35.8 Å². The van der Waals surface area contributed by atoms with Crippen LogP contribution < -0.4 is 14.2 Å². The number of amides is 1. The zero-order valence-electron chi connectivity index (χ0n) is 18.9. The van der Waals surface area contributed by atoms with Crippen molar-refractivity contribution < 1.29 is 33.3 Å². The molecule has 0 saturated heterocycles. The van der Waals surface area contributed by atoms with Crippen LogP contribution in [0.15, 0.2) is 46.3 Å². The Kier molecular flexibility index (Phi) is 7.09. The Balaban J connectivity index is 2.13. The Bertz CT molecular complexity index is 986. The number of carbonyl (C=O) groups excluding carboxylic acids is 2. The lowest BCUT2D eigenvalue weighted by Crippen LogP contribution is -2.33. The second-order valence-electron chi connectivity index (χ2n) is 7.59. The first kappa shape index (κ1) is 23.2. The highest BCUT2D eigenvalue weighted by molar-refractivity contribution is 6.15. The molecule has 1 atom stereocenters. The second-order valence-corrected chi connectivity index (χ2v) is 7.59. The Morgan fingerprint density at radius 1 is 1.16 bits per heavy atom. The SMILES string of the molecule is COc1cc([C@H]2C(C(=O)c3ccco3)=C(O)C(=O)N2CCCN(C)C)cc(OC)c1OC. The van der Waals surface area contributed by atoms with E-state index in [9.17, 15) is 14.7 Å². The van der Waals surface area contributed by atoms with Crippen LogP contribution in [0, 0.1) is 0 Å². The molecule has 9 heteroatoms. The fourth-order valence-corrected chi connectivity index (χ4v) is 3.82. The van der Waals surface area contributed by atoms with E-state index >= 15 is 0 Å². The Morgan fingerprint density at radius 3 is 2.31 bits per heavy atom. The number of hydrogen-bond acceptors (Lipinski definition) is 8. The van der Waals surface area contributed by atoms with Crippen LogP contribution in [0.3, 0.4) is 0 Å². The number of hydrogen-bond donors (Lipinski definition) is 1. The van der Waals surface area contributed by atoms with Gasteiger partial charge in [0, 0.05) is 6.54 Å². The second kappa shape index (κ2) is 9.78. The number of aliphatic hydroxyl groups is 1. The normalized spacial score (nSPS) is 16.1. The molecule has 1 N–H and O–H groups in total. The van der Waals surface area contributed by atoms with E-state index in [4.69, 9.17) is 18.6 Å².